The van der Waals surface area contributed by atoms with Crippen LogP contribution in [0.1, 0.15) is 25.8 Å². The van der Waals surface area contributed by atoms with Gasteiger partial charge in [0.1, 0.15) is 0 Å². The van der Waals surface area contributed by atoms with E-state index in [4.69, 9.17) is 10.9 Å². The Hall–Kier alpha value is -1.23. The van der Waals surface area contributed by atoms with E-state index in [1.165, 1.54) is 0 Å². The first-order valence-electron chi connectivity index (χ1n) is 5.66. The first-order valence-corrected chi connectivity index (χ1v) is 6.45. The molecule has 0 radical (unpaired) electrons. The summed E-state index contributed by atoms with van der Waals surface area (Å²) in [6.45, 7) is 6.24. The molecule has 0 heterocycles. The summed E-state index contributed by atoms with van der Waals surface area (Å²) in [6.07, 6.45) is 1.10. The minimum absolute atomic E-state index is 0.121. The van der Waals surface area contributed by atoms with Crippen molar-refractivity contribution in [3.8, 4) is 0 Å². The Morgan fingerprint density at radius 3 is 2.65 bits per heavy atom. The van der Waals surface area contributed by atoms with Gasteiger partial charge in [0.05, 0.1) is 5.69 Å². The third-order valence-corrected chi connectivity index (χ3v) is 3.20. The molecule has 0 fully saturated rings. The first-order chi connectivity index (χ1) is 8.13. The lowest BCUT2D eigenvalue weighted by molar-refractivity contribution is 0.318. The number of amidine groups is 1. The number of oxime groups is 1. The van der Waals surface area contributed by atoms with Gasteiger partial charge in [0.25, 0.3) is 0 Å². The molecule has 0 spiro atoms. The molecule has 1 rings (SSSR count). The summed E-state index contributed by atoms with van der Waals surface area (Å²) in [5, 5.41) is 11.6. The van der Waals surface area contributed by atoms with E-state index in [0.717, 1.165) is 29.7 Å². The second-order valence-corrected chi connectivity index (χ2v) is 4.59. The van der Waals surface area contributed by atoms with E-state index in [1.807, 2.05) is 18.2 Å². The molecule has 17 heavy (non-hydrogen) atoms. The molecule has 0 atom stereocenters. The van der Waals surface area contributed by atoms with Crippen molar-refractivity contribution in [1.82, 2.24) is 0 Å². The van der Waals surface area contributed by atoms with Crippen LogP contribution in [0.15, 0.2) is 27.8 Å². The summed E-state index contributed by atoms with van der Waals surface area (Å²) in [6, 6.07) is 5.70. The summed E-state index contributed by atoms with van der Waals surface area (Å²) in [7, 11) is 0. The zero-order chi connectivity index (χ0) is 12.8. The number of benzene rings is 1. The molecule has 0 aliphatic carbocycles. The number of halogens is 1. The number of nitrogens with zero attached hydrogens (tertiary/aromatic N) is 2. The van der Waals surface area contributed by atoms with Gasteiger partial charge in [-0.15, -0.1) is 0 Å². The number of hydrogen-bond acceptors (Lipinski definition) is 3. The number of nitrogens with two attached hydrogens (primary N) is 1. The molecule has 94 valence electrons. The van der Waals surface area contributed by atoms with Crippen LogP contribution in [-0.2, 0) is 0 Å². The molecule has 1 aromatic carbocycles. The monoisotopic (exact) mass is 299 g/mol. The Bertz CT molecular complexity index is 407. The first kappa shape index (κ1) is 13.8. The molecule has 0 aliphatic heterocycles. The molecule has 0 aliphatic rings. The molecule has 1 aromatic rings. The van der Waals surface area contributed by atoms with Crippen LogP contribution in [0.5, 0.6) is 0 Å². The smallest absolute Gasteiger partial charge is 0.170 e. The van der Waals surface area contributed by atoms with E-state index in [-0.39, 0.29) is 5.84 Å². The fraction of sp³-hybridized carbons (Fsp3) is 0.417. The fourth-order valence-electron chi connectivity index (χ4n) is 1.70. The molecule has 4 nitrogen and oxygen atoms in total. The zero-order valence-corrected chi connectivity index (χ0v) is 11.7. The van der Waals surface area contributed by atoms with Gasteiger partial charge in [0, 0.05) is 23.1 Å². The van der Waals surface area contributed by atoms with Gasteiger partial charge >= 0.3 is 0 Å². The van der Waals surface area contributed by atoms with Gasteiger partial charge in [-0.3, -0.25) is 0 Å². The normalized spacial score (nSPS) is 11.6. The van der Waals surface area contributed by atoms with Crippen LogP contribution >= 0.6 is 15.9 Å². The highest BCUT2D eigenvalue weighted by molar-refractivity contribution is 9.10. The van der Waals surface area contributed by atoms with Crippen molar-refractivity contribution in [2.75, 3.05) is 18.0 Å². The van der Waals surface area contributed by atoms with Gasteiger partial charge < -0.3 is 15.8 Å². The molecule has 0 saturated heterocycles. The lowest BCUT2D eigenvalue weighted by Crippen LogP contribution is -2.24. The van der Waals surface area contributed by atoms with E-state index in [2.05, 4.69) is 39.8 Å². The molecular weight excluding hydrogens is 282 g/mol. The number of anilines is 1. The molecular formula is C12H18BrN3O. The standard InChI is InChI=1S/C12H18BrN3O/c1-3-7-16(4-2)11-6-5-9(8-10(11)13)12(14)15-17/h5-6,8,17H,3-4,7H2,1-2H3,(H2,14,15). The van der Waals surface area contributed by atoms with Crippen LogP contribution in [0.2, 0.25) is 0 Å². The zero-order valence-electron chi connectivity index (χ0n) is 10.2. The minimum Gasteiger partial charge on any atom is -0.409 e. The van der Waals surface area contributed by atoms with E-state index < -0.39 is 0 Å². The van der Waals surface area contributed by atoms with Crippen molar-refractivity contribution < 1.29 is 5.21 Å². The quantitative estimate of drug-likeness (QED) is 0.380. The molecule has 0 saturated carbocycles. The van der Waals surface area contributed by atoms with Gasteiger partial charge in [0.2, 0.25) is 0 Å². The van der Waals surface area contributed by atoms with E-state index in [9.17, 15) is 0 Å². The highest BCUT2D eigenvalue weighted by Gasteiger charge is 2.09. The predicted octanol–water partition coefficient (Wildman–Crippen LogP) is 2.78. The van der Waals surface area contributed by atoms with Crippen molar-refractivity contribution in [2.45, 2.75) is 20.3 Å². The maximum Gasteiger partial charge on any atom is 0.170 e. The van der Waals surface area contributed by atoms with E-state index in [0.29, 0.717) is 5.56 Å². The second kappa shape index (κ2) is 6.49. The Kier molecular flexibility index (Phi) is 5.28. The van der Waals surface area contributed by atoms with Crippen LogP contribution in [0.25, 0.3) is 0 Å². The average molecular weight is 300 g/mol. The Balaban J connectivity index is 3.04. The summed E-state index contributed by atoms with van der Waals surface area (Å²) in [5.74, 6) is 0.121. The number of rotatable bonds is 5. The van der Waals surface area contributed by atoms with Crippen molar-refractivity contribution in [3.05, 3.63) is 28.2 Å². The van der Waals surface area contributed by atoms with Crippen LogP contribution in [-0.4, -0.2) is 24.1 Å². The van der Waals surface area contributed by atoms with Gasteiger partial charge in [-0.25, -0.2) is 0 Å². The maximum absolute atomic E-state index is 8.63. The summed E-state index contributed by atoms with van der Waals surface area (Å²) < 4.78 is 0.955. The third kappa shape index (κ3) is 3.36. The predicted molar refractivity (Wildman–Crippen MR) is 74.8 cm³/mol. The maximum atomic E-state index is 8.63. The largest absolute Gasteiger partial charge is 0.409 e. The van der Waals surface area contributed by atoms with Crippen LogP contribution in [0.4, 0.5) is 5.69 Å². The SMILES string of the molecule is CCCN(CC)c1ccc(/C(N)=N/O)cc1Br. The van der Waals surface area contributed by atoms with Crippen molar-refractivity contribution in [1.29, 1.82) is 0 Å². The van der Waals surface area contributed by atoms with Crippen LogP contribution in [0, 0.1) is 0 Å². The molecule has 3 N–H and O–H groups in total. The second-order valence-electron chi connectivity index (χ2n) is 3.73. The van der Waals surface area contributed by atoms with Crippen LogP contribution < -0.4 is 10.6 Å². The summed E-state index contributed by atoms with van der Waals surface area (Å²) in [4.78, 5) is 2.28. The van der Waals surface area contributed by atoms with Crippen LogP contribution in [0.3, 0.4) is 0 Å². The third-order valence-electron chi connectivity index (χ3n) is 2.57. The Labute approximate surface area is 110 Å². The number of hydrogen-bond donors (Lipinski definition) is 2. The van der Waals surface area contributed by atoms with E-state index >= 15 is 0 Å². The van der Waals surface area contributed by atoms with Crippen molar-refractivity contribution >= 4 is 27.5 Å². The molecule has 0 unspecified atom stereocenters. The highest BCUT2D eigenvalue weighted by atomic mass is 79.9. The molecule has 0 bridgehead atoms. The lowest BCUT2D eigenvalue weighted by atomic mass is 10.1. The van der Waals surface area contributed by atoms with Crippen molar-refractivity contribution in [2.24, 2.45) is 10.9 Å². The van der Waals surface area contributed by atoms with E-state index in [1.54, 1.807) is 0 Å². The molecule has 0 aromatic heterocycles. The van der Waals surface area contributed by atoms with Gasteiger partial charge in [-0.05, 0) is 47.5 Å². The average Bonchev–Trinajstić information content (AvgIpc) is 2.35. The molecule has 0 amide bonds. The highest BCUT2D eigenvalue weighted by Crippen LogP contribution is 2.27. The summed E-state index contributed by atoms with van der Waals surface area (Å²) >= 11 is 3.52. The lowest BCUT2D eigenvalue weighted by Gasteiger charge is -2.24. The van der Waals surface area contributed by atoms with Gasteiger partial charge in [-0.2, -0.15) is 0 Å². The van der Waals surface area contributed by atoms with Crippen molar-refractivity contribution in [3.63, 3.8) is 0 Å². The Morgan fingerprint density at radius 2 is 2.18 bits per heavy atom. The fourth-order valence-corrected chi connectivity index (χ4v) is 2.33. The topological polar surface area (TPSA) is 61.8 Å². The van der Waals surface area contributed by atoms with Gasteiger partial charge in [-0.1, -0.05) is 12.1 Å². The van der Waals surface area contributed by atoms with Gasteiger partial charge in [0.15, 0.2) is 5.84 Å². The minimum atomic E-state index is 0.121. The molecule has 5 heteroatoms. The summed E-state index contributed by atoms with van der Waals surface area (Å²) in [5.41, 5.74) is 7.38. The Morgan fingerprint density at radius 1 is 1.47 bits per heavy atom.